The molecule has 2 aromatic carbocycles. The molecule has 4 rings (SSSR count). The molecular formula is C28H34O8S. The van der Waals surface area contributed by atoms with Gasteiger partial charge in [0.2, 0.25) is 0 Å². The summed E-state index contributed by atoms with van der Waals surface area (Å²) in [6, 6.07) is 13.5. The van der Waals surface area contributed by atoms with Crippen LogP contribution in [0, 0.1) is 18.8 Å². The summed E-state index contributed by atoms with van der Waals surface area (Å²) in [5.41, 5.74) is -0.317. The van der Waals surface area contributed by atoms with Gasteiger partial charge in [-0.05, 0) is 63.6 Å². The van der Waals surface area contributed by atoms with Crippen molar-refractivity contribution >= 4 is 10.1 Å². The van der Waals surface area contributed by atoms with Crippen LogP contribution in [0.5, 0.6) is 5.75 Å². The zero-order chi connectivity index (χ0) is 26.7. The van der Waals surface area contributed by atoms with Crippen molar-refractivity contribution in [1.82, 2.24) is 0 Å². The predicted molar refractivity (Wildman–Crippen MR) is 136 cm³/mol. The minimum absolute atomic E-state index is 0.0107. The zero-order valence-electron chi connectivity index (χ0n) is 21.6. The van der Waals surface area contributed by atoms with Crippen molar-refractivity contribution in [2.24, 2.45) is 0 Å². The van der Waals surface area contributed by atoms with Crippen LogP contribution in [0.4, 0.5) is 0 Å². The summed E-state index contributed by atoms with van der Waals surface area (Å²) in [6.45, 7) is 7.59. The number of ether oxygens (including phenoxy) is 4. The van der Waals surface area contributed by atoms with Crippen LogP contribution in [0.25, 0.3) is 0 Å². The molecule has 2 aliphatic rings. The quantitative estimate of drug-likeness (QED) is 0.296. The summed E-state index contributed by atoms with van der Waals surface area (Å²) < 4.78 is 53.9. The number of hydrogen-bond donors (Lipinski definition) is 1. The maximum absolute atomic E-state index is 12.7. The van der Waals surface area contributed by atoms with Gasteiger partial charge in [0.05, 0.1) is 18.1 Å². The monoisotopic (exact) mass is 530 g/mol. The molecule has 8 nitrogen and oxygen atoms in total. The van der Waals surface area contributed by atoms with Gasteiger partial charge in [-0.1, -0.05) is 49.3 Å². The Bertz CT molecular complexity index is 1230. The van der Waals surface area contributed by atoms with Crippen LogP contribution in [0.2, 0.25) is 0 Å². The number of unbranched alkanes of at least 4 members (excludes halogenated alkanes) is 2. The van der Waals surface area contributed by atoms with Gasteiger partial charge in [-0.25, -0.2) is 0 Å². The lowest BCUT2D eigenvalue weighted by Crippen LogP contribution is -2.49. The van der Waals surface area contributed by atoms with E-state index < -0.39 is 46.6 Å². The second-order valence-corrected chi connectivity index (χ2v) is 11.4. The summed E-state index contributed by atoms with van der Waals surface area (Å²) in [6.07, 6.45) is 0.229. The molecule has 1 unspecified atom stereocenters. The summed E-state index contributed by atoms with van der Waals surface area (Å²) in [5, 5.41) is 11.6. The normalized spacial score (nSPS) is 26.4. The Kier molecular flexibility index (Phi) is 8.29. The lowest BCUT2D eigenvalue weighted by molar-refractivity contribution is -0.224. The highest BCUT2D eigenvalue weighted by Gasteiger charge is 2.63. The molecule has 4 atom stereocenters. The Morgan fingerprint density at radius 3 is 2.41 bits per heavy atom. The first-order valence-corrected chi connectivity index (χ1v) is 13.9. The molecule has 2 aromatic rings. The van der Waals surface area contributed by atoms with Crippen molar-refractivity contribution in [2.45, 2.75) is 81.7 Å². The Hall–Kier alpha value is -2.45. The Morgan fingerprint density at radius 2 is 1.73 bits per heavy atom. The lowest BCUT2D eigenvalue weighted by atomic mass is 9.93. The second kappa shape index (κ2) is 11.1. The molecule has 0 radical (unpaired) electrons. The van der Waals surface area contributed by atoms with Crippen molar-refractivity contribution in [1.29, 1.82) is 0 Å². The van der Waals surface area contributed by atoms with Crippen molar-refractivity contribution < 1.29 is 36.7 Å². The van der Waals surface area contributed by atoms with E-state index in [0.29, 0.717) is 12.2 Å². The molecule has 0 amide bonds. The smallest absolute Gasteiger partial charge is 0.297 e. The van der Waals surface area contributed by atoms with E-state index >= 15 is 0 Å². The average Bonchev–Trinajstić information content (AvgIpc) is 3.30. The van der Waals surface area contributed by atoms with Gasteiger partial charge >= 0.3 is 0 Å². The summed E-state index contributed by atoms with van der Waals surface area (Å²) in [4.78, 5) is 0.0107. The molecule has 200 valence electrons. The van der Waals surface area contributed by atoms with Crippen molar-refractivity contribution in [2.75, 3.05) is 13.2 Å². The van der Waals surface area contributed by atoms with Gasteiger partial charge in [0.15, 0.2) is 23.8 Å². The lowest BCUT2D eigenvalue weighted by Gasteiger charge is -2.29. The van der Waals surface area contributed by atoms with Gasteiger partial charge < -0.3 is 24.1 Å². The van der Waals surface area contributed by atoms with Crippen LogP contribution in [-0.2, 0) is 28.5 Å². The van der Waals surface area contributed by atoms with Crippen molar-refractivity contribution in [3.63, 3.8) is 0 Å². The highest BCUT2D eigenvalue weighted by atomic mass is 32.2. The Morgan fingerprint density at radius 1 is 1.03 bits per heavy atom. The van der Waals surface area contributed by atoms with E-state index in [1.54, 1.807) is 38.1 Å². The van der Waals surface area contributed by atoms with Crippen molar-refractivity contribution in [3.8, 4) is 17.6 Å². The minimum atomic E-state index is -4.08. The number of hydrogen-bond acceptors (Lipinski definition) is 8. The van der Waals surface area contributed by atoms with E-state index in [2.05, 4.69) is 18.8 Å². The summed E-state index contributed by atoms with van der Waals surface area (Å²) >= 11 is 0. The molecule has 2 heterocycles. The number of aryl methyl sites for hydroxylation is 1. The predicted octanol–water partition coefficient (Wildman–Crippen LogP) is 3.93. The molecule has 0 saturated carbocycles. The van der Waals surface area contributed by atoms with E-state index in [4.69, 9.17) is 23.1 Å². The van der Waals surface area contributed by atoms with E-state index in [1.165, 1.54) is 12.1 Å². The third-order valence-electron chi connectivity index (χ3n) is 6.24. The van der Waals surface area contributed by atoms with E-state index in [-0.39, 0.29) is 4.90 Å². The van der Waals surface area contributed by atoms with Crippen molar-refractivity contribution in [3.05, 3.63) is 59.7 Å². The van der Waals surface area contributed by atoms with Gasteiger partial charge in [-0.15, -0.1) is 0 Å². The van der Waals surface area contributed by atoms with E-state index in [1.807, 2.05) is 19.1 Å². The molecule has 2 aliphatic heterocycles. The molecule has 0 bridgehead atoms. The summed E-state index contributed by atoms with van der Waals surface area (Å²) in [5.74, 6) is 5.56. The largest absolute Gasteiger partial charge is 0.494 e. The van der Waals surface area contributed by atoms with Crippen LogP contribution >= 0.6 is 0 Å². The molecule has 2 fully saturated rings. The molecule has 2 saturated heterocycles. The van der Waals surface area contributed by atoms with Crippen LogP contribution < -0.4 is 4.74 Å². The second-order valence-electron chi connectivity index (χ2n) is 9.76. The standard InChI is InChI=1S/C28H34O8S/c1-5-6-7-18-32-22-12-10-21(11-13-22)16-17-28(29)24(34-26-25(28)35-27(3,4)36-26)19-33-37(30,31)23-14-8-20(2)9-15-23/h8-15,24-26,29H,5-7,18-19H2,1-4H3/t24?,25-,26+,28+/m0/s1. The highest BCUT2D eigenvalue weighted by Crippen LogP contribution is 2.43. The van der Waals surface area contributed by atoms with Gasteiger partial charge in [0.1, 0.15) is 11.9 Å². The zero-order valence-corrected chi connectivity index (χ0v) is 22.4. The number of fused-ring (bicyclic) bond motifs is 1. The van der Waals surface area contributed by atoms with Crippen LogP contribution in [0.15, 0.2) is 53.4 Å². The molecule has 0 aromatic heterocycles. The molecule has 0 aliphatic carbocycles. The molecule has 0 spiro atoms. The highest BCUT2D eigenvalue weighted by molar-refractivity contribution is 7.86. The van der Waals surface area contributed by atoms with Crippen LogP contribution in [-0.4, -0.2) is 56.6 Å². The average molecular weight is 531 g/mol. The fourth-order valence-corrected chi connectivity index (χ4v) is 5.08. The molecule has 37 heavy (non-hydrogen) atoms. The maximum atomic E-state index is 12.7. The number of aliphatic hydroxyl groups is 1. The first-order chi connectivity index (χ1) is 17.5. The number of benzene rings is 2. The summed E-state index contributed by atoms with van der Waals surface area (Å²) in [7, 11) is -4.08. The minimum Gasteiger partial charge on any atom is -0.494 e. The maximum Gasteiger partial charge on any atom is 0.297 e. The Labute approximate surface area is 219 Å². The number of rotatable bonds is 9. The fourth-order valence-electron chi connectivity index (χ4n) is 4.17. The van der Waals surface area contributed by atoms with Gasteiger partial charge in [-0.3, -0.25) is 4.18 Å². The first-order valence-electron chi connectivity index (χ1n) is 12.5. The third-order valence-corrected chi connectivity index (χ3v) is 7.54. The van der Waals surface area contributed by atoms with E-state index in [0.717, 1.165) is 30.6 Å². The molecular weight excluding hydrogens is 496 g/mol. The Balaban J connectivity index is 1.50. The van der Waals surface area contributed by atoms with Gasteiger partial charge in [0, 0.05) is 5.56 Å². The fraction of sp³-hybridized carbons (Fsp3) is 0.500. The first kappa shape index (κ1) is 27.6. The SMILES string of the molecule is CCCCCOc1ccc(C#C[C@@]2(O)C(COS(=O)(=O)c3ccc(C)cc3)O[C@@H]3OC(C)(C)O[C@@H]32)cc1. The molecule has 9 heteroatoms. The van der Waals surface area contributed by atoms with Gasteiger partial charge in [-0.2, -0.15) is 8.42 Å². The van der Waals surface area contributed by atoms with Crippen LogP contribution in [0.1, 0.15) is 51.2 Å². The topological polar surface area (TPSA) is 101 Å². The van der Waals surface area contributed by atoms with E-state index in [9.17, 15) is 13.5 Å². The van der Waals surface area contributed by atoms with Gasteiger partial charge in [0.25, 0.3) is 10.1 Å². The third kappa shape index (κ3) is 6.52. The molecule has 1 N–H and O–H groups in total. The van der Waals surface area contributed by atoms with Crippen LogP contribution in [0.3, 0.4) is 0 Å².